The lowest BCUT2D eigenvalue weighted by Gasteiger charge is -2.31. The van der Waals surface area contributed by atoms with Crippen molar-refractivity contribution in [1.29, 1.82) is 0 Å². The van der Waals surface area contributed by atoms with Crippen molar-refractivity contribution in [3.05, 3.63) is 65.2 Å². The fourth-order valence-corrected chi connectivity index (χ4v) is 4.64. The van der Waals surface area contributed by atoms with Gasteiger partial charge in [-0.05, 0) is 56.0 Å². The van der Waals surface area contributed by atoms with E-state index in [2.05, 4.69) is 40.2 Å². The first kappa shape index (κ1) is 17.4. The normalized spacial score (nSPS) is 16.2. The Morgan fingerprint density at radius 3 is 2.54 bits per heavy atom. The van der Waals surface area contributed by atoms with Crippen LogP contribution in [0, 0.1) is 5.92 Å². The maximum Gasteiger partial charge on any atom is 0.191 e. The fourth-order valence-electron chi connectivity index (χ4n) is 3.71. The highest BCUT2D eigenvalue weighted by atomic mass is 32.1. The molecule has 0 radical (unpaired) electrons. The lowest BCUT2D eigenvalue weighted by Crippen LogP contribution is -2.33. The van der Waals surface area contributed by atoms with Crippen LogP contribution >= 0.6 is 11.3 Å². The Bertz CT molecular complexity index is 833. The second kappa shape index (κ2) is 8.11. The van der Waals surface area contributed by atoms with Crippen LogP contribution < -0.4 is 0 Å². The molecule has 0 N–H and O–H groups in total. The Balaban J connectivity index is 1.25. The number of ketones is 1. The summed E-state index contributed by atoms with van der Waals surface area (Å²) >= 11 is 1.52. The summed E-state index contributed by atoms with van der Waals surface area (Å²) in [6.07, 6.45) is 4.01. The van der Waals surface area contributed by atoms with Crippen LogP contribution in [0.3, 0.4) is 0 Å². The molecule has 1 fully saturated rings. The third-order valence-electron chi connectivity index (χ3n) is 5.27. The summed E-state index contributed by atoms with van der Waals surface area (Å²) in [5, 5.41) is 0.674. The number of carbonyl (C=O) groups excluding carboxylic acids is 1. The van der Waals surface area contributed by atoms with E-state index >= 15 is 0 Å². The molecule has 0 bridgehead atoms. The topological polar surface area (TPSA) is 33.2 Å². The van der Waals surface area contributed by atoms with Crippen LogP contribution in [-0.4, -0.2) is 28.8 Å². The molecule has 2 heterocycles. The summed E-state index contributed by atoms with van der Waals surface area (Å²) in [6.45, 7) is 3.31. The van der Waals surface area contributed by atoms with E-state index in [-0.39, 0.29) is 5.78 Å². The van der Waals surface area contributed by atoms with Crippen molar-refractivity contribution in [1.82, 2.24) is 9.88 Å². The van der Waals surface area contributed by atoms with Gasteiger partial charge in [0.25, 0.3) is 0 Å². The number of nitrogens with zero attached hydrogens (tertiary/aromatic N) is 2. The Hall–Kier alpha value is -2.04. The molecule has 0 amide bonds. The second-order valence-electron chi connectivity index (χ2n) is 7.15. The van der Waals surface area contributed by atoms with Gasteiger partial charge in [0.1, 0.15) is 0 Å². The standard InChI is InChI=1S/C22H24N2OS/c25-20(22-23-19-8-4-5-9-21(19)26-22)11-10-17-12-14-24(15-13-17)16-18-6-2-1-3-7-18/h1-9,17H,10-16H2. The number of thiazole rings is 1. The summed E-state index contributed by atoms with van der Waals surface area (Å²) < 4.78 is 1.10. The van der Waals surface area contributed by atoms with Crippen molar-refractivity contribution < 1.29 is 4.79 Å². The zero-order valence-electron chi connectivity index (χ0n) is 14.9. The first-order valence-electron chi connectivity index (χ1n) is 9.43. The van der Waals surface area contributed by atoms with Crippen LogP contribution in [0.5, 0.6) is 0 Å². The minimum Gasteiger partial charge on any atom is -0.299 e. The summed E-state index contributed by atoms with van der Waals surface area (Å²) in [5.41, 5.74) is 2.33. The molecular weight excluding hydrogens is 340 g/mol. The number of hydrogen-bond acceptors (Lipinski definition) is 4. The number of Topliss-reactive ketones (excluding diaryl/α,β-unsaturated/α-hetero) is 1. The molecule has 0 aliphatic carbocycles. The molecule has 0 spiro atoms. The number of para-hydroxylation sites is 1. The third-order valence-corrected chi connectivity index (χ3v) is 6.35. The lowest BCUT2D eigenvalue weighted by atomic mass is 9.91. The molecule has 1 saturated heterocycles. The van der Waals surface area contributed by atoms with Gasteiger partial charge < -0.3 is 0 Å². The SMILES string of the molecule is O=C(CCC1CCN(Cc2ccccc2)CC1)c1nc2ccccc2s1. The van der Waals surface area contributed by atoms with E-state index in [1.165, 1.54) is 29.7 Å². The van der Waals surface area contributed by atoms with E-state index in [0.717, 1.165) is 36.3 Å². The maximum absolute atomic E-state index is 12.5. The average molecular weight is 365 g/mol. The molecular formula is C22H24N2OS. The summed E-state index contributed by atoms with van der Waals surface area (Å²) in [6, 6.07) is 18.7. The van der Waals surface area contributed by atoms with Gasteiger partial charge in [0.05, 0.1) is 10.2 Å². The predicted molar refractivity (Wildman–Crippen MR) is 108 cm³/mol. The zero-order valence-corrected chi connectivity index (χ0v) is 15.8. The first-order chi connectivity index (χ1) is 12.8. The largest absolute Gasteiger partial charge is 0.299 e. The quantitative estimate of drug-likeness (QED) is 0.566. The summed E-state index contributed by atoms with van der Waals surface area (Å²) in [7, 11) is 0. The Kier molecular flexibility index (Phi) is 5.42. The van der Waals surface area contributed by atoms with E-state index in [1.807, 2.05) is 24.3 Å². The molecule has 1 aliphatic heterocycles. The number of aromatic nitrogens is 1. The number of benzene rings is 2. The van der Waals surface area contributed by atoms with Gasteiger partial charge in [0, 0.05) is 13.0 Å². The predicted octanol–water partition coefficient (Wildman–Crippen LogP) is 5.17. The van der Waals surface area contributed by atoms with Gasteiger partial charge in [-0.15, -0.1) is 11.3 Å². The van der Waals surface area contributed by atoms with Gasteiger partial charge in [-0.2, -0.15) is 0 Å². The minimum absolute atomic E-state index is 0.206. The maximum atomic E-state index is 12.5. The molecule has 0 unspecified atom stereocenters. The van der Waals surface area contributed by atoms with Crippen molar-refractivity contribution >= 4 is 27.3 Å². The van der Waals surface area contributed by atoms with E-state index in [0.29, 0.717) is 17.3 Å². The summed E-state index contributed by atoms with van der Waals surface area (Å²) in [4.78, 5) is 19.5. The molecule has 0 atom stereocenters. The lowest BCUT2D eigenvalue weighted by molar-refractivity contribution is 0.0961. The Labute approximate surface area is 158 Å². The summed E-state index contributed by atoms with van der Waals surface area (Å²) in [5.74, 6) is 0.873. The molecule has 26 heavy (non-hydrogen) atoms. The van der Waals surface area contributed by atoms with E-state index < -0.39 is 0 Å². The van der Waals surface area contributed by atoms with Gasteiger partial charge in [-0.3, -0.25) is 9.69 Å². The van der Waals surface area contributed by atoms with Crippen LogP contribution in [0.4, 0.5) is 0 Å². The fraction of sp³-hybridized carbons (Fsp3) is 0.364. The highest BCUT2D eigenvalue weighted by Crippen LogP contribution is 2.26. The molecule has 2 aromatic carbocycles. The van der Waals surface area contributed by atoms with E-state index in [1.54, 1.807) is 0 Å². The number of rotatable bonds is 6. The van der Waals surface area contributed by atoms with Gasteiger partial charge >= 0.3 is 0 Å². The molecule has 3 nitrogen and oxygen atoms in total. The molecule has 4 rings (SSSR count). The van der Waals surface area contributed by atoms with E-state index in [9.17, 15) is 4.79 Å². The monoisotopic (exact) mass is 364 g/mol. The van der Waals surface area contributed by atoms with Gasteiger partial charge in [-0.1, -0.05) is 42.5 Å². The number of carbonyl (C=O) groups is 1. The molecule has 4 heteroatoms. The van der Waals surface area contributed by atoms with Crippen LogP contribution in [0.25, 0.3) is 10.2 Å². The van der Waals surface area contributed by atoms with Crippen molar-refractivity contribution in [2.45, 2.75) is 32.2 Å². The zero-order chi connectivity index (χ0) is 17.8. The van der Waals surface area contributed by atoms with Crippen molar-refractivity contribution in [2.24, 2.45) is 5.92 Å². The average Bonchev–Trinajstić information content (AvgIpc) is 3.12. The van der Waals surface area contributed by atoms with Gasteiger partial charge in [0.15, 0.2) is 10.8 Å². The Morgan fingerprint density at radius 1 is 1.04 bits per heavy atom. The molecule has 3 aromatic rings. The van der Waals surface area contributed by atoms with E-state index in [4.69, 9.17) is 0 Å². The number of likely N-dealkylation sites (tertiary alicyclic amines) is 1. The van der Waals surface area contributed by atoms with Crippen molar-refractivity contribution in [3.8, 4) is 0 Å². The highest BCUT2D eigenvalue weighted by Gasteiger charge is 2.21. The van der Waals surface area contributed by atoms with Crippen LogP contribution in [0.15, 0.2) is 54.6 Å². The molecule has 0 saturated carbocycles. The highest BCUT2D eigenvalue weighted by molar-refractivity contribution is 7.20. The number of piperidine rings is 1. The second-order valence-corrected chi connectivity index (χ2v) is 8.18. The van der Waals surface area contributed by atoms with Crippen LogP contribution in [0.1, 0.15) is 41.0 Å². The van der Waals surface area contributed by atoms with Crippen LogP contribution in [-0.2, 0) is 6.54 Å². The van der Waals surface area contributed by atoms with Crippen molar-refractivity contribution in [3.63, 3.8) is 0 Å². The third kappa shape index (κ3) is 4.19. The van der Waals surface area contributed by atoms with Gasteiger partial charge in [0.2, 0.25) is 0 Å². The Morgan fingerprint density at radius 2 is 1.77 bits per heavy atom. The van der Waals surface area contributed by atoms with Crippen molar-refractivity contribution in [2.75, 3.05) is 13.1 Å². The molecule has 1 aromatic heterocycles. The minimum atomic E-state index is 0.206. The van der Waals surface area contributed by atoms with Gasteiger partial charge in [-0.25, -0.2) is 4.98 Å². The first-order valence-corrected chi connectivity index (χ1v) is 10.2. The molecule has 134 valence electrons. The van der Waals surface area contributed by atoms with Crippen LogP contribution in [0.2, 0.25) is 0 Å². The number of fused-ring (bicyclic) bond motifs is 1. The number of hydrogen-bond donors (Lipinski definition) is 0. The smallest absolute Gasteiger partial charge is 0.191 e. The molecule has 1 aliphatic rings.